The fourth-order valence-electron chi connectivity index (χ4n) is 1.58. The molecule has 0 radical (unpaired) electrons. The Kier molecular flexibility index (Phi) is 1.81. The maximum atomic E-state index is 11.1. The van der Waals surface area contributed by atoms with Crippen molar-refractivity contribution in [2.24, 2.45) is 0 Å². The van der Waals surface area contributed by atoms with Gasteiger partial charge in [-0.2, -0.15) is 0 Å². The van der Waals surface area contributed by atoms with E-state index in [0.29, 0.717) is 11.9 Å². The molecule has 2 nitrogen and oxygen atoms in total. The van der Waals surface area contributed by atoms with Crippen LogP contribution in [-0.2, 0) is 16.0 Å². The molecule has 0 saturated carbocycles. The van der Waals surface area contributed by atoms with Gasteiger partial charge in [0.25, 0.3) is 0 Å². The summed E-state index contributed by atoms with van der Waals surface area (Å²) in [6, 6.07) is 7.64. The van der Waals surface area contributed by atoms with Gasteiger partial charge in [0.05, 0.1) is 0 Å². The number of rotatable bonds is 2. The number of fused-ring (bicyclic) bond motifs is 1. The first-order valence-corrected chi connectivity index (χ1v) is 4.11. The molecule has 0 amide bonds. The molecule has 0 atom stereocenters. The quantitative estimate of drug-likeness (QED) is 0.499. The van der Waals surface area contributed by atoms with Gasteiger partial charge < -0.3 is 0 Å². The number of aldehydes is 1. The van der Waals surface area contributed by atoms with Gasteiger partial charge in [-0.15, -0.1) is 0 Å². The first kappa shape index (κ1) is 7.92. The summed E-state index contributed by atoms with van der Waals surface area (Å²) in [6.07, 6.45) is 2.93. The molecule has 0 unspecified atom stereocenters. The lowest BCUT2D eigenvalue weighted by atomic mass is 10.0. The number of carbonyl (C=O) groups excluding carboxylic acids is 2. The number of hydrogen-bond donors (Lipinski definition) is 0. The zero-order chi connectivity index (χ0) is 9.26. The molecule has 64 valence electrons. The van der Waals surface area contributed by atoms with Crippen molar-refractivity contribution in [3.8, 4) is 0 Å². The molecule has 0 heterocycles. The third kappa shape index (κ3) is 1.20. The Balaban J connectivity index is 2.47. The van der Waals surface area contributed by atoms with Crippen molar-refractivity contribution >= 4 is 17.6 Å². The number of ketones is 1. The molecular formula is C11H8O2. The largest absolute Gasteiger partial charge is 0.294 e. The Labute approximate surface area is 75.9 Å². The second-order valence-corrected chi connectivity index (χ2v) is 2.96. The Morgan fingerprint density at radius 2 is 2.08 bits per heavy atom. The Morgan fingerprint density at radius 1 is 1.31 bits per heavy atom. The Hall–Kier alpha value is -1.70. The van der Waals surface area contributed by atoms with E-state index in [9.17, 15) is 9.59 Å². The van der Waals surface area contributed by atoms with Gasteiger partial charge in [0, 0.05) is 5.57 Å². The summed E-state index contributed by atoms with van der Waals surface area (Å²) in [6.45, 7) is 0. The van der Waals surface area contributed by atoms with Crippen LogP contribution in [0.25, 0.3) is 5.57 Å². The van der Waals surface area contributed by atoms with Crippen molar-refractivity contribution in [2.45, 2.75) is 6.42 Å². The summed E-state index contributed by atoms with van der Waals surface area (Å²) in [5.41, 5.74) is 2.57. The highest BCUT2D eigenvalue weighted by Crippen LogP contribution is 2.26. The third-order valence-electron chi connectivity index (χ3n) is 2.21. The predicted molar refractivity (Wildman–Crippen MR) is 49.2 cm³/mol. The van der Waals surface area contributed by atoms with Gasteiger partial charge in [0.1, 0.15) is 0 Å². The van der Waals surface area contributed by atoms with E-state index in [1.54, 1.807) is 6.08 Å². The molecule has 0 spiro atoms. The topological polar surface area (TPSA) is 34.1 Å². The summed E-state index contributed by atoms with van der Waals surface area (Å²) < 4.78 is 0. The minimum atomic E-state index is -0.426. The van der Waals surface area contributed by atoms with E-state index >= 15 is 0 Å². The first-order chi connectivity index (χ1) is 6.33. The highest BCUT2D eigenvalue weighted by molar-refractivity contribution is 6.46. The monoisotopic (exact) mass is 172 g/mol. The Bertz CT molecular complexity index is 402. The number of hydrogen-bond acceptors (Lipinski definition) is 2. The number of allylic oxidation sites excluding steroid dienone is 2. The van der Waals surface area contributed by atoms with E-state index in [2.05, 4.69) is 0 Å². The first-order valence-electron chi connectivity index (χ1n) is 4.11. The molecule has 1 aromatic rings. The molecule has 2 heteroatoms. The standard InChI is InChI=1S/C11H8O2/c12-7-11(13)10-6-5-8-3-1-2-4-9(8)10/h1-4,6-7H,5H2. The van der Waals surface area contributed by atoms with Crippen molar-refractivity contribution in [1.29, 1.82) is 0 Å². The van der Waals surface area contributed by atoms with E-state index < -0.39 is 5.78 Å². The molecule has 1 aromatic carbocycles. The van der Waals surface area contributed by atoms with Gasteiger partial charge in [-0.3, -0.25) is 9.59 Å². The molecule has 2 rings (SSSR count). The van der Waals surface area contributed by atoms with E-state index in [-0.39, 0.29) is 0 Å². The number of benzene rings is 1. The van der Waals surface area contributed by atoms with Crippen LogP contribution >= 0.6 is 0 Å². The van der Waals surface area contributed by atoms with Crippen LogP contribution in [0.3, 0.4) is 0 Å². The van der Waals surface area contributed by atoms with Crippen molar-refractivity contribution in [1.82, 2.24) is 0 Å². The van der Waals surface area contributed by atoms with Crippen LogP contribution in [-0.4, -0.2) is 12.1 Å². The number of carbonyl (C=O) groups is 2. The van der Waals surface area contributed by atoms with E-state index in [0.717, 1.165) is 17.5 Å². The fourth-order valence-corrected chi connectivity index (χ4v) is 1.58. The van der Waals surface area contributed by atoms with Gasteiger partial charge in [0.2, 0.25) is 5.78 Å². The van der Waals surface area contributed by atoms with Gasteiger partial charge in [-0.25, -0.2) is 0 Å². The third-order valence-corrected chi connectivity index (χ3v) is 2.21. The average molecular weight is 172 g/mol. The molecule has 1 aliphatic carbocycles. The van der Waals surface area contributed by atoms with Gasteiger partial charge in [0.15, 0.2) is 6.29 Å². The van der Waals surface area contributed by atoms with Gasteiger partial charge in [-0.05, 0) is 17.5 Å². The SMILES string of the molecule is O=CC(=O)C1=CCc2ccccc21. The smallest absolute Gasteiger partial charge is 0.225 e. The zero-order valence-electron chi connectivity index (χ0n) is 6.99. The number of Topliss-reactive ketones (excluding diaryl/α,β-unsaturated/α-hetero) is 1. The van der Waals surface area contributed by atoms with Crippen molar-refractivity contribution in [3.63, 3.8) is 0 Å². The van der Waals surface area contributed by atoms with Crippen LogP contribution in [0.15, 0.2) is 30.3 Å². The van der Waals surface area contributed by atoms with Crippen LogP contribution in [0.2, 0.25) is 0 Å². The lowest BCUT2D eigenvalue weighted by Gasteiger charge is -1.99. The molecule has 0 saturated heterocycles. The maximum absolute atomic E-state index is 11.1. The van der Waals surface area contributed by atoms with Crippen molar-refractivity contribution in [2.75, 3.05) is 0 Å². The van der Waals surface area contributed by atoms with Gasteiger partial charge in [-0.1, -0.05) is 30.3 Å². The fraction of sp³-hybridized carbons (Fsp3) is 0.0909. The molecule has 13 heavy (non-hydrogen) atoms. The second kappa shape index (κ2) is 2.98. The summed E-state index contributed by atoms with van der Waals surface area (Å²) in [7, 11) is 0. The summed E-state index contributed by atoms with van der Waals surface area (Å²) >= 11 is 0. The van der Waals surface area contributed by atoms with Crippen molar-refractivity contribution < 1.29 is 9.59 Å². The average Bonchev–Trinajstić information content (AvgIpc) is 2.60. The molecule has 0 fully saturated rings. The molecule has 0 N–H and O–H groups in total. The summed E-state index contributed by atoms with van der Waals surface area (Å²) in [5.74, 6) is -0.426. The van der Waals surface area contributed by atoms with Crippen LogP contribution in [0, 0.1) is 0 Å². The highest BCUT2D eigenvalue weighted by atomic mass is 16.2. The highest BCUT2D eigenvalue weighted by Gasteiger charge is 2.18. The molecule has 0 bridgehead atoms. The lowest BCUT2D eigenvalue weighted by molar-refractivity contribution is -0.126. The van der Waals surface area contributed by atoms with E-state index in [4.69, 9.17) is 0 Å². The van der Waals surface area contributed by atoms with Crippen LogP contribution < -0.4 is 0 Å². The normalized spacial score (nSPS) is 13.4. The van der Waals surface area contributed by atoms with E-state index in [1.807, 2.05) is 24.3 Å². The minimum absolute atomic E-state index is 0.369. The van der Waals surface area contributed by atoms with E-state index in [1.165, 1.54) is 0 Å². The summed E-state index contributed by atoms with van der Waals surface area (Å²) in [5, 5.41) is 0. The molecule has 1 aliphatic rings. The van der Waals surface area contributed by atoms with Crippen LogP contribution in [0.4, 0.5) is 0 Å². The zero-order valence-corrected chi connectivity index (χ0v) is 6.99. The van der Waals surface area contributed by atoms with Crippen molar-refractivity contribution in [3.05, 3.63) is 41.5 Å². The maximum Gasteiger partial charge on any atom is 0.225 e. The van der Waals surface area contributed by atoms with Crippen LogP contribution in [0.5, 0.6) is 0 Å². The second-order valence-electron chi connectivity index (χ2n) is 2.96. The lowest BCUT2D eigenvalue weighted by Crippen LogP contribution is -2.00. The summed E-state index contributed by atoms with van der Waals surface area (Å²) in [4.78, 5) is 21.5. The molecular weight excluding hydrogens is 164 g/mol. The predicted octanol–water partition coefficient (Wildman–Crippen LogP) is 1.39. The Morgan fingerprint density at radius 3 is 2.85 bits per heavy atom. The molecule has 0 aromatic heterocycles. The molecule has 0 aliphatic heterocycles. The van der Waals surface area contributed by atoms with Gasteiger partial charge >= 0.3 is 0 Å². The van der Waals surface area contributed by atoms with Crippen LogP contribution in [0.1, 0.15) is 11.1 Å². The minimum Gasteiger partial charge on any atom is -0.294 e.